The summed E-state index contributed by atoms with van der Waals surface area (Å²) in [6.45, 7) is 4.34. The fourth-order valence-corrected chi connectivity index (χ4v) is 10.3. The maximum absolute atomic E-state index is 13.6. The minimum Gasteiger partial charge on any atom is -0.504 e. The van der Waals surface area contributed by atoms with Gasteiger partial charge in [0.05, 0.1) is 115 Å². The van der Waals surface area contributed by atoms with Gasteiger partial charge in [0.1, 0.15) is 52.3 Å². The Kier molecular flexibility index (Phi) is 39.9. The van der Waals surface area contributed by atoms with E-state index in [1.807, 2.05) is 0 Å². The summed E-state index contributed by atoms with van der Waals surface area (Å²) in [5.41, 5.74) is 6.60. The van der Waals surface area contributed by atoms with Crippen LogP contribution in [0, 0.1) is 11.6 Å². The number of aromatic nitrogens is 2. The molecule has 2 heterocycles. The van der Waals surface area contributed by atoms with Crippen LogP contribution in [0.3, 0.4) is 0 Å². The van der Waals surface area contributed by atoms with Gasteiger partial charge in [-0.1, -0.05) is 23.2 Å². The SMILES string of the molecule is COC(=O)c1ccc(O)c(OC)c1.COC(=O)c1ccc(OCC(C)(F)F)c(OC)c1.COC(=O)c1ccc(OCC(C)=O)c(OC)c1.COc1cc(C(=O)CCC(C)(O)c2ccc(OC)c(-c3ccc(F)c(Cl)c3)n2)ccc1OCC(C)(F)F.COc1cc(C(=O)O)ccc1OCC(C)(F)F.COc1ccc(C(C)(O)CN)nc1-c1ccc(F)c(Cl)c1. The van der Waals surface area contributed by atoms with E-state index >= 15 is 0 Å². The highest BCUT2D eigenvalue weighted by Gasteiger charge is 2.31. The summed E-state index contributed by atoms with van der Waals surface area (Å²) >= 11 is 11.7. The summed E-state index contributed by atoms with van der Waals surface area (Å²) in [6, 6.07) is 35.9. The number of nitrogens with zero attached hydrogens (tertiary/aromatic N) is 2. The van der Waals surface area contributed by atoms with Crippen molar-refractivity contribution in [1.29, 1.82) is 0 Å². The van der Waals surface area contributed by atoms with Crippen molar-refractivity contribution in [3.63, 3.8) is 0 Å². The second-order valence-corrected chi connectivity index (χ2v) is 27.4. The van der Waals surface area contributed by atoms with E-state index in [0.29, 0.717) is 62.3 Å². The van der Waals surface area contributed by atoms with Gasteiger partial charge in [-0.15, -0.1) is 0 Å². The van der Waals surface area contributed by atoms with Crippen molar-refractivity contribution in [3.05, 3.63) is 213 Å². The molecule has 0 aliphatic carbocycles. The van der Waals surface area contributed by atoms with Gasteiger partial charge in [0.2, 0.25) is 0 Å². The van der Waals surface area contributed by atoms with Gasteiger partial charge >= 0.3 is 23.9 Å². The number of phenolic OH excluding ortho intramolecular Hbond substituents is 1. The van der Waals surface area contributed by atoms with E-state index in [1.165, 1.54) is 194 Å². The second kappa shape index (κ2) is 47.7. The number of halogens is 10. The Morgan fingerprint density at radius 1 is 0.398 bits per heavy atom. The van der Waals surface area contributed by atoms with E-state index in [4.69, 9.17) is 86.1 Å². The first-order chi connectivity index (χ1) is 57.7. The van der Waals surface area contributed by atoms with Gasteiger partial charge < -0.3 is 92.5 Å². The number of alkyl halides is 6. The van der Waals surface area contributed by atoms with Crippen LogP contribution in [0.5, 0.6) is 69.0 Å². The van der Waals surface area contributed by atoms with Gasteiger partial charge in [-0.2, -0.15) is 0 Å². The molecule has 6 N–H and O–H groups in total. The van der Waals surface area contributed by atoms with Gasteiger partial charge in [-0.3, -0.25) is 9.59 Å². The minimum atomic E-state index is -3.02. The molecule has 2 aromatic heterocycles. The van der Waals surface area contributed by atoms with Crippen molar-refractivity contribution in [2.45, 2.75) is 83.4 Å². The maximum Gasteiger partial charge on any atom is 0.337 e. The van der Waals surface area contributed by atoms with Crippen LogP contribution in [-0.2, 0) is 30.2 Å². The number of methoxy groups -OCH3 is 10. The zero-order valence-corrected chi connectivity index (χ0v) is 71.1. The lowest BCUT2D eigenvalue weighted by atomic mass is 9.92. The van der Waals surface area contributed by atoms with Crippen LogP contribution in [0.2, 0.25) is 10.0 Å². The number of aromatic hydroxyl groups is 1. The number of nitrogens with two attached hydrogens (primary N) is 1. The molecule has 0 fully saturated rings. The number of pyridine rings is 2. The second-order valence-electron chi connectivity index (χ2n) is 26.6. The molecule has 123 heavy (non-hydrogen) atoms. The number of hydrogen-bond donors (Lipinski definition) is 5. The Morgan fingerprint density at radius 3 is 1.03 bits per heavy atom. The molecule has 2 atom stereocenters. The number of benzene rings is 7. The molecule has 0 spiro atoms. The molecule has 37 heteroatoms. The van der Waals surface area contributed by atoms with Crippen LogP contribution in [-0.4, -0.2) is 188 Å². The Bertz CT molecular complexity index is 5070. The van der Waals surface area contributed by atoms with Crippen LogP contribution in [0.15, 0.2) is 152 Å². The summed E-state index contributed by atoms with van der Waals surface area (Å²) in [7, 11) is 13.7. The van der Waals surface area contributed by atoms with Gasteiger partial charge in [-0.25, -0.2) is 64.3 Å². The highest BCUT2D eigenvalue weighted by molar-refractivity contribution is 6.31. The van der Waals surface area contributed by atoms with Crippen molar-refractivity contribution in [1.82, 2.24) is 9.97 Å². The number of ketones is 2. The van der Waals surface area contributed by atoms with Crippen molar-refractivity contribution < 1.29 is 151 Å². The molecule has 0 radical (unpaired) electrons. The molecule has 27 nitrogen and oxygen atoms in total. The third-order valence-corrected chi connectivity index (χ3v) is 17.0. The molecule has 0 bridgehead atoms. The number of esters is 3. The van der Waals surface area contributed by atoms with Crippen LogP contribution < -0.4 is 57.8 Å². The highest BCUT2D eigenvalue weighted by Crippen LogP contribution is 2.39. The van der Waals surface area contributed by atoms with Crippen molar-refractivity contribution in [2.24, 2.45) is 5.73 Å². The van der Waals surface area contributed by atoms with Crippen LogP contribution in [0.4, 0.5) is 35.1 Å². The van der Waals surface area contributed by atoms with Crippen LogP contribution >= 0.6 is 23.2 Å². The smallest absolute Gasteiger partial charge is 0.337 e. The normalized spacial score (nSPS) is 11.7. The van der Waals surface area contributed by atoms with Gasteiger partial charge in [0.25, 0.3) is 17.8 Å². The van der Waals surface area contributed by atoms with Crippen molar-refractivity contribution in [3.8, 4) is 91.5 Å². The number of rotatable bonds is 32. The quantitative estimate of drug-likeness (QED) is 0.0113. The molecule has 0 saturated heterocycles. The van der Waals surface area contributed by atoms with E-state index in [1.54, 1.807) is 49.4 Å². The number of carbonyl (C=O) groups excluding carboxylic acids is 5. The predicted octanol–water partition coefficient (Wildman–Crippen LogP) is 16.8. The van der Waals surface area contributed by atoms with E-state index in [0.717, 1.165) is 20.8 Å². The summed E-state index contributed by atoms with van der Waals surface area (Å²) in [4.78, 5) is 76.8. The Morgan fingerprint density at radius 2 is 0.707 bits per heavy atom. The van der Waals surface area contributed by atoms with Gasteiger partial charge in [-0.05, 0) is 179 Å². The molecule has 666 valence electrons. The fourth-order valence-electron chi connectivity index (χ4n) is 9.92. The molecule has 2 unspecified atom stereocenters. The van der Waals surface area contributed by atoms with Gasteiger partial charge in [0, 0.05) is 50.4 Å². The van der Waals surface area contributed by atoms with Crippen LogP contribution in [0.1, 0.15) is 118 Å². The molecule has 0 aliphatic rings. The Balaban J connectivity index is 0.000000322. The third kappa shape index (κ3) is 32.8. The monoisotopic (exact) mass is 1770 g/mol. The number of aliphatic hydroxyl groups is 2. The number of carboxylic acid groups (broad SMARTS) is 1. The molecular formula is C86H93Cl2F8N3O24. The minimum absolute atomic E-state index is 0.00235. The number of carbonyl (C=O) groups is 6. The number of hydrogen-bond acceptors (Lipinski definition) is 26. The first-order valence-corrected chi connectivity index (χ1v) is 36.9. The summed E-state index contributed by atoms with van der Waals surface area (Å²) in [6.07, 6.45) is -0.0216. The third-order valence-electron chi connectivity index (χ3n) is 16.4. The lowest BCUT2D eigenvalue weighted by molar-refractivity contribution is -0.119. The number of aromatic carboxylic acids is 1. The van der Waals surface area contributed by atoms with Crippen LogP contribution in [0.25, 0.3) is 22.5 Å². The van der Waals surface area contributed by atoms with Crippen molar-refractivity contribution >= 4 is 58.6 Å². The Hall–Kier alpha value is -12.4. The van der Waals surface area contributed by atoms with Crippen molar-refractivity contribution in [2.75, 3.05) is 104 Å². The maximum atomic E-state index is 13.6. The first kappa shape index (κ1) is 103. The average Bonchev–Trinajstić information content (AvgIpc) is 0.794. The number of phenols is 1. The molecular weight excluding hydrogens is 1680 g/mol. The molecule has 9 rings (SSSR count). The summed E-state index contributed by atoms with van der Waals surface area (Å²) in [5, 5.41) is 39.2. The topological polar surface area (TPSA) is 364 Å². The standard InChI is InChI=1S/C27H27ClF3NO5.C15H16ClFN2O2.C12H14F2O4.C12H14O5.C11H12F2O4.C9H10O4/c1-26(34,24-10-9-22(35-3)25(32-24)17-5-7-19(29)18(28)13-17)12-11-20(33)16-6-8-21(23(14-16)36-4)37-15-27(2,30)31;1-15(20,8-18)13-6-5-12(21-2)14(19-13)9-3-4-11(17)10(16)7-9;1-12(13,14)7-18-9-5-4-8(11(15)17-3)6-10(9)16-2;1-8(13)7-17-10-5-4-9(12(14)16-3)6-11(10)15-2;1-11(12,13)6-17-8-4-3-7(10(14)15)5-9(8)16-2;1-12-8-5-6(9(11)13-2)3-4-7(8)10/h5-10,13-14,34H,11-12,15H2,1-4H3;3-7,20H,8,18H2,1-2H3;4-6H,7H2,1-3H3;4-6H,7H2,1-3H3;3-5H,6H2,1-2H3,(H,14,15);3-5,10H,1-2H3. The van der Waals surface area contributed by atoms with E-state index < -0.39 is 84.3 Å². The predicted molar refractivity (Wildman–Crippen MR) is 436 cm³/mol. The summed E-state index contributed by atoms with van der Waals surface area (Å²) < 4.78 is 173. The molecule has 0 aliphatic heterocycles. The first-order valence-electron chi connectivity index (χ1n) is 36.1. The number of Topliss-reactive ketones (excluding diaryl/α,β-unsaturated/α-hetero) is 2. The molecule has 0 amide bonds. The average molecular weight is 1780 g/mol. The fraction of sp³-hybridized carbons (Fsp3) is 0.326. The number of carboxylic acids is 1. The largest absolute Gasteiger partial charge is 0.504 e. The zero-order valence-electron chi connectivity index (χ0n) is 69.6. The van der Waals surface area contributed by atoms with E-state index in [-0.39, 0.29) is 116 Å². The zero-order chi connectivity index (χ0) is 92.5. The lowest BCUT2D eigenvalue weighted by Gasteiger charge is -2.24. The summed E-state index contributed by atoms with van der Waals surface area (Å²) in [5.74, 6) is -10.3. The molecule has 7 aromatic carbocycles. The highest BCUT2D eigenvalue weighted by atomic mass is 35.5. The molecule has 0 saturated carbocycles. The Labute approximate surface area is 713 Å². The number of ether oxygens (including phenoxy) is 14. The van der Waals surface area contributed by atoms with E-state index in [2.05, 4.69) is 24.2 Å². The van der Waals surface area contributed by atoms with E-state index in [9.17, 15) is 79.2 Å². The van der Waals surface area contributed by atoms with Gasteiger partial charge in [0.15, 0.2) is 88.9 Å². The molecule has 9 aromatic rings. The lowest BCUT2D eigenvalue weighted by Crippen LogP contribution is -2.32.